The van der Waals surface area contributed by atoms with Gasteiger partial charge in [-0.05, 0) is 47.2 Å². The van der Waals surface area contributed by atoms with Gasteiger partial charge in [-0.2, -0.15) is 0 Å². The maximum absolute atomic E-state index is 13.6. The van der Waals surface area contributed by atoms with Crippen LogP contribution in [0.5, 0.6) is 0 Å². The molecule has 152 valence electrons. The van der Waals surface area contributed by atoms with Gasteiger partial charge in [-0.15, -0.1) is 0 Å². The number of carbonyl (C=O) groups excluding carboxylic acids is 1. The Morgan fingerprint density at radius 1 is 0.933 bits per heavy atom. The topological polar surface area (TPSA) is 33.2 Å². The highest BCUT2D eigenvalue weighted by Gasteiger charge is 2.23. The first-order valence-electron chi connectivity index (χ1n) is 10.2. The third-order valence-corrected chi connectivity index (χ3v) is 6.31. The van der Waals surface area contributed by atoms with Crippen LogP contribution in [-0.2, 0) is 12.0 Å². The molecule has 0 fully saturated rings. The predicted molar refractivity (Wildman–Crippen MR) is 126 cm³/mol. The second-order valence-corrected chi connectivity index (χ2v) is 9.63. The molecule has 0 unspecified atom stereocenters. The molecule has 0 aliphatic carbocycles. The molecule has 0 spiro atoms. The van der Waals surface area contributed by atoms with Crippen LogP contribution in [0.2, 0.25) is 0 Å². The molecule has 1 heterocycles. The molecule has 30 heavy (non-hydrogen) atoms. The van der Waals surface area contributed by atoms with E-state index in [4.69, 9.17) is 4.98 Å². The summed E-state index contributed by atoms with van der Waals surface area (Å²) < 4.78 is 1.10. The molecule has 0 atom stereocenters. The predicted octanol–water partition coefficient (Wildman–Crippen LogP) is 6.75. The number of amides is 1. The number of anilines is 1. The average molecular weight is 415 g/mol. The Hall–Kier alpha value is -2.98. The minimum atomic E-state index is -0.0315. The first-order chi connectivity index (χ1) is 14.3. The summed E-state index contributed by atoms with van der Waals surface area (Å²) in [6.45, 7) is 9.07. The molecule has 0 radical (unpaired) electrons. The molecule has 3 nitrogen and oxygen atoms in total. The van der Waals surface area contributed by atoms with Crippen molar-refractivity contribution in [1.29, 1.82) is 0 Å². The van der Waals surface area contributed by atoms with Crippen molar-refractivity contribution < 1.29 is 4.79 Å². The molecule has 0 bridgehead atoms. The number of thiazole rings is 1. The average Bonchev–Trinajstić information content (AvgIpc) is 3.17. The van der Waals surface area contributed by atoms with E-state index < -0.39 is 0 Å². The summed E-state index contributed by atoms with van der Waals surface area (Å²) >= 11 is 1.56. The third kappa shape index (κ3) is 4.14. The van der Waals surface area contributed by atoms with Crippen molar-refractivity contribution in [2.75, 3.05) is 4.90 Å². The lowest BCUT2D eigenvalue weighted by Crippen LogP contribution is -2.30. The summed E-state index contributed by atoms with van der Waals surface area (Å²) in [6.07, 6.45) is 0. The fraction of sp³-hybridized carbons (Fsp3) is 0.231. The standard InChI is InChI=1S/C26H26N2OS/c1-18-9-8-12-22-23(18)27-25(30-22)28(17-19-10-6-5-7-11-19)24(29)20-13-15-21(16-14-20)26(2,3)4/h5-16H,17H2,1-4H3. The second-order valence-electron chi connectivity index (χ2n) is 8.62. The minimum absolute atomic E-state index is 0.0315. The van der Waals surface area contributed by atoms with Crippen molar-refractivity contribution in [2.24, 2.45) is 0 Å². The number of para-hydroxylation sites is 1. The number of aromatic nitrogens is 1. The molecular formula is C26H26N2OS. The zero-order chi connectivity index (χ0) is 21.3. The molecule has 0 saturated carbocycles. The van der Waals surface area contributed by atoms with E-state index in [1.165, 1.54) is 5.56 Å². The van der Waals surface area contributed by atoms with Crippen LogP contribution >= 0.6 is 11.3 Å². The van der Waals surface area contributed by atoms with Gasteiger partial charge in [0.05, 0.1) is 16.8 Å². The molecule has 4 rings (SSSR count). The number of hydrogen-bond acceptors (Lipinski definition) is 3. The first kappa shape index (κ1) is 20.3. The van der Waals surface area contributed by atoms with Crippen LogP contribution in [-0.4, -0.2) is 10.9 Å². The summed E-state index contributed by atoms with van der Waals surface area (Å²) in [6, 6.07) is 24.2. The van der Waals surface area contributed by atoms with Crippen molar-refractivity contribution in [2.45, 2.75) is 39.7 Å². The van der Waals surface area contributed by atoms with Crippen LogP contribution < -0.4 is 4.90 Å². The fourth-order valence-corrected chi connectivity index (χ4v) is 4.49. The molecule has 1 amide bonds. The van der Waals surface area contributed by atoms with E-state index in [0.717, 1.165) is 26.5 Å². The van der Waals surface area contributed by atoms with Crippen LogP contribution in [0.25, 0.3) is 10.2 Å². The van der Waals surface area contributed by atoms with Gasteiger partial charge in [0, 0.05) is 5.56 Å². The summed E-state index contributed by atoms with van der Waals surface area (Å²) in [5.41, 5.74) is 5.10. The smallest absolute Gasteiger partial charge is 0.260 e. The monoisotopic (exact) mass is 414 g/mol. The van der Waals surface area contributed by atoms with Crippen molar-refractivity contribution in [3.8, 4) is 0 Å². The lowest BCUT2D eigenvalue weighted by molar-refractivity contribution is 0.0985. The van der Waals surface area contributed by atoms with E-state index in [1.807, 2.05) is 48.5 Å². The Kier molecular flexibility index (Phi) is 5.44. The van der Waals surface area contributed by atoms with Gasteiger partial charge in [-0.3, -0.25) is 9.69 Å². The Balaban J connectivity index is 1.74. The largest absolute Gasteiger partial charge is 0.279 e. The number of aryl methyl sites for hydroxylation is 1. The van der Waals surface area contributed by atoms with E-state index in [-0.39, 0.29) is 11.3 Å². The number of hydrogen-bond donors (Lipinski definition) is 0. The van der Waals surface area contributed by atoms with Gasteiger partial charge < -0.3 is 0 Å². The molecule has 3 aromatic carbocycles. The van der Waals surface area contributed by atoms with Crippen LogP contribution in [0.15, 0.2) is 72.8 Å². The second kappa shape index (κ2) is 8.04. The third-order valence-electron chi connectivity index (χ3n) is 5.27. The van der Waals surface area contributed by atoms with Crippen LogP contribution in [0.4, 0.5) is 5.13 Å². The van der Waals surface area contributed by atoms with Crippen LogP contribution in [0.3, 0.4) is 0 Å². The lowest BCUT2D eigenvalue weighted by atomic mass is 9.86. The van der Waals surface area contributed by atoms with E-state index in [9.17, 15) is 4.79 Å². The molecule has 0 N–H and O–H groups in total. The SMILES string of the molecule is Cc1cccc2sc(N(Cc3ccccc3)C(=O)c3ccc(C(C)(C)C)cc3)nc12. The Morgan fingerprint density at radius 3 is 2.27 bits per heavy atom. The quantitative estimate of drug-likeness (QED) is 0.370. The van der Waals surface area contributed by atoms with Crippen LogP contribution in [0.1, 0.15) is 47.8 Å². The molecule has 0 saturated heterocycles. The lowest BCUT2D eigenvalue weighted by Gasteiger charge is -2.22. The summed E-state index contributed by atoms with van der Waals surface area (Å²) in [7, 11) is 0. The van der Waals surface area contributed by atoms with Crippen molar-refractivity contribution in [3.05, 3.63) is 95.1 Å². The summed E-state index contributed by atoms with van der Waals surface area (Å²) in [4.78, 5) is 20.2. The van der Waals surface area contributed by atoms with Gasteiger partial charge in [-0.1, -0.05) is 86.7 Å². The highest BCUT2D eigenvalue weighted by atomic mass is 32.1. The zero-order valence-corrected chi connectivity index (χ0v) is 18.7. The number of benzene rings is 3. The van der Waals surface area contributed by atoms with Gasteiger partial charge in [0.2, 0.25) is 0 Å². The van der Waals surface area contributed by atoms with Crippen molar-refractivity contribution >= 4 is 32.6 Å². The highest BCUT2D eigenvalue weighted by Crippen LogP contribution is 2.32. The fourth-order valence-electron chi connectivity index (χ4n) is 3.45. The van der Waals surface area contributed by atoms with Gasteiger partial charge >= 0.3 is 0 Å². The van der Waals surface area contributed by atoms with Crippen molar-refractivity contribution in [1.82, 2.24) is 4.98 Å². The molecule has 4 heteroatoms. The van der Waals surface area contributed by atoms with Gasteiger partial charge in [0.1, 0.15) is 0 Å². The van der Waals surface area contributed by atoms with E-state index >= 15 is 0 Å². The van der Waals surface area contributed by atoms with E-state index in [1.54, 1.807) is 16.2 Å². The normalized spacial score (nSPS) is 11.6. The molecule has 4 aromatic rings. The number of nitrogens with zero attached hydrogens (tertiary/aromatic N) is 2. The Morgan fingerprint density at radius 2 is 1.63 bits per heavy atom. The van der Waals surface area contributed by atoms with E-state index in [2.05, 4.69) is 52.0 Å². The number of rotatable bonds is 4. The highest BCUT2D eigenvalue weighted by molar-refractivity contribution is 7.22. The molecule has 0 aliphatic heterocycles. The maximum atomic E-state index is 13.6. The van der Waals surface area contributed by atoms with Gasteiger partial charge in [0.25, 0.3) is 5.91 Å². The number of carbonyl (C=O) groups is 1. The van der Waals surface area contributed by atoms with Crippen molar-refractivity contribution in [3.63, 3.8) is 0 Å². The van der Waals surface area contributed by atoms with Crippen LogP contribution in [0, 0.1) is 6.92 Å². The Labute approximate surface area is 182 Å². The maximum Gasteiger partial charge on any atom is 0.260 e. The molecule has 0 aliphatic rings. The van der Waals surface area contributed by atoms with Gasteiger partial charge in [0.15, 0.2) is 5.13 Å². The molecular weight excluding hydrogens is 388 g/mol. The summed E-state index contributed by atoms with van der Waals surface area (Å²) in [5, 5.41) is 0.730. The van der Waals surface area contributed by atoms with Gasteiger partial charge in [-0.25, -0.2) is 4.98 Å². The molecule has 1 aromatic heterocycles. The summed E-state index contributed by atoms with van der Waals surface area (Å²) in [5.74, 6) is -0.0315. The Bertz CT molecular complexity index is 1170. The minimum Gasteiger partial charge on any atom is -0.279 e. The zero-order valence-electron chi connectivity index (χ0n) is 17.8. The first-order valence-corrected chi connectivity index (χ1v) is 11.0. The number of fused-ring (bicyclic) bond motifs is 1. The van der Waals surface area contributed by atoms with E-state index in [0.29, 0.717) is 12.1 Å².